The largest absolute Gasteiger partial charge is 0.365 e. The number of pyridine rings is 1. The van der Waals surface area contributed by atoms with Crippen LogP contribution in [0, 0.1) is 5.82 Å². The van der Waals surface area contributed by atoms with Crippen molar-refractivity contribution < 1.29 is 23.2 Å². The first kappa shape index (κ1) is 23.6. The Hall–Kier alpha value is -4.14. The van der Waals surface area contributed by atoms with E-state index in [4.69, 9.17) is 0 Å². The van der Waals surface area contributed by atoms with Crippen molar-refractivity contribution in [2.75, 3.05) is 34.8 Å². The Bertz CT molecular complexity index is 1370. The Morgan fingerprint density at radius 1 is 1.14 bits per heavy atom. The van der Waals surface area contributed by atoms with E-state index in [1.54, 1.807) is 60.5 Å². The Balaban J connectivity index is 1.53. The van der Waals surface area contributed by atoms with Gasteiger partial charge in [0.2, 0.25) is 11.8 Å². The summed E-state index contributed by atoms with van der Waals surface area (Å²) in [6.07, 6.45) is 0.554. The van der Waals surface area contributed by atoms with Crippen LogP contribution in [-0.4, -0.2) is 48.4 Å². The highest BCUT2D eigenvalue weighted by Gasteiger charge is 2.36. The van der Waals surface area contributed by atoms with Crippen LogP contribution in [0.1, 0.15) is 35.8 Å². The number of rotatable bonds is 5. The van der Waals surface area contributed by atoms with Crippen LogP contribution < -0.4 is 15.1 Å². The molecule has 0 bridgehead atoms. The fourth-order valence-corrected chi connectivity index (χ4v) is 4.61. The molecule has 0 aliphatic carbocycles. The topological polar surface area (TPSA) is 82.6 Å². The quantitative estimate of drug-likeness (QED) is 0.538. The van der Waals surface area contributed by atoms with Crippen molar-refractivity contribution in [1.82, 2.24) is 4.98 Å². The summed E-state index contributed by atoms with van der Waals surface area (Å²) < 4.78 is 29.1. The maximum atomic E-state index is 15.6. The SMILES string of the molecule is CC(=O)c1ccc(NC(=O)CN2C(=O)[C@@H](C)c3ncccc3-c3c(F)cc(N4CC(F)C4)cc32)cc1. The van der Waals surface area contributed by atoms with Crippen LogP contribution in [0.2, 0.25) is 0 Å². The molecule has 0 unspecified atom stereocenters. The number of nitrogens with one attached hydrogen (secondary N) is 1. The summed E-state index contributed by atoms with van der Waals surface area (Å²) >= 11 is 0. The zero-order valence-electron chi connectivity index (χ0n) is 19.8. The van der Waals surface area contributed by atoms with Gasteiger partial charge in [0.15, 0.2) is 5.78 Å². The monoisotopic (exact) mass is 490 g/mol. The molecule has 0 spiro atoms. The van der Waals surface area contributed by atoms with Crippen molar-refractivity contribution in [1.29, 1.82) is 0 Å². The molecule has 2 aromatic carbocycles. The van der Waals surface area contributed by atoms with E-state index >= 15 is 4.39 Å². The average molecular weight is 491 g/mol. The van der Waals surface area contributed by atoms with Gasteiger partial charge < -0.3 is 15.1 Å². The van der Waals surface area contributed by atoms with Gasteiger partial charge in [-0.1, -0.05) is 6.07 Å². The molecule has 3 aromatic rings. The van der Waals surface area contributed by atoms with Gasteiger partial charge in [-0.2, -0.15) is 0 Å². The number of halogens is 2. The highest BCUT2D eigenvalue weighted by atomic mass is 19.1. The first-order valence-corrected chi connectivity index (χ1v) is 11.6. The molecule has 1 aromatic heterocycles. The van der Waals surface area contributed by atoms with Crippen molar-refractivity contribution in [3.63, 3.8) is 0 Å². The summed E-state index contributed by atoms with van der Waals surface area (Å²) in [7, 11) is 0. The molecule has 1 fully saturated rings. The summed E-state index contributed by atoms with van der Waals surface area (Å²) in [5.41, 5.74) is 2.72. The minimum Gasteiger partial charge on any atom is -0.365 e. The lowest BCUT2D eigenvalue weighted by molar-refractivity contribution is -0.122. The van der Waals surface area contributed by atoms with E-state index in [1.165, 1.54) is 17.9 Å². The second kappa shape index (κ2) is 9.14. The van der Waals surface area contributed by atoms with Crippen LogP contribution in [-0.2, 0) is 9.59 Å². The Labute approximate surface area is 206 Å². The minimum absolute atomic E-state index is 0.0964. The predicted octanol–water partition coefficient (Wildman–Crippen LogP) is 4.34. The van der Waals surface area contributed by atoms with Gasteiger partial charge in [-0.3, -0.25) is 19.4 Å². The minimum atomic E-state index is -0.991. The van der Waals surface area contributed by atoms with E-state index in [9.17, 15) is 18.8 Å². The summed E-state index contributed by atoms with van der Waals surface area (Å²) in [4.78, 5) is 45.4. The number of hydrogen-bond donors (Lipinski definition) is 1. The fourth-order valence-electron chi connectivity index (χ4n) is 4.61. The molecular formula is C27H24F2N4O3. The molecule has 5 rings (SSSR count). The Morgan fingerprint density at radius 2 is 1.86 bits per heavy atom. The molecule has 1 atom stereocenters. The molecule has 184 valence electrons. The maximum Gasteiger partial charge on any atom is 0.244 e. The fraction of sp³-hybridized carbons (Fsp3) is 0.259. The first-order valence-electron chi connectivity index (χ1n) is 11.6. The summed E-state index contributed by atoms with van der Waals surface area (Å²) in [5, 5.41) is 2.73. The zero-order chi connectivity index (χ0) is 25.6. The molecule has 1 saturated heterocycles. The van der Waals surface area contributed by atoms with Gasteiger partial charge in [-0.25, -0.2) is 8.78 Å². The first-order chi connectivity index (χ1) is 17.2. The lowest BCUT2D eigenvalue weighted by Crippen LogP contribution is -2.48. The van der Waals surface area contributed by atoms with E-state index in [0.29, 0.717) is 28.2 Å². The third kappa shape index (κ3) is 4.21. The number of anilines is 3. The molecule has 1 N–H and O–H groups in total. The van der Waals surface area contributed by atoms with Gasteiger partial charge >= 0.3 is 0 Å². The summed E-state index contributed by atoms with van der Waals surface area (Å²) in [5.74, 6) is -2.29. The Kier molecular flexibility index (Phi) is 5.99. The van der Waals surface area contributed by atoms with E-state index < -0.39 is 29.7 Å². The van der Waals surface area contributed by atoms with Gasteiger partial charge in [0, 0.05) is 34.3 Å². The molecule has 2 amide bonds. The van der Waals surface area contributed by atoms with Crippen molar-refractivity contribution in [3.05, 3.63) is 71.8 Å². The number of carbonyl (C=O) groups excluding carboxylic acids is 3. The number of hydrogen-bond acceptors (Lipinski definition) is 5. The zero-order valence-corrected chi connectivity index (χ0v) is 19.8. The molecule has 36 heavy (non-hydrogen) atoms. The van der Waals surface area contributed by atoms with Crippen molar-refractivity contribution in [2.24, 2.45) is 0 Å². The highest BCUT2D eigenvalue weighted by Crippen LogP contribution is 2.44. The number of benzene rings is 2. The standard InChI is InChI=1S/C27H24F2N4O3/c1-15-26-21(4-3-9-30-26)25-22(29)10-20(32-12-18(28)13-32)11-23(25)33(27(15)36)14-24(35)31-19-7-5-17(6-8-19)16(2)34/h3-11,15,18H,12-14H2,1-2H3,(H,31,35)/t15-/m0/s1. The van der Waals surface area contributed by atoms with Crippen molar-refractivity contribution in [3.8, 4) is 11.1 Å². The van der Waals surface area contributed by atoms with Gasteiger partial charge in [0.05, 0.1) is 30.4 Å². The molecular weight excluding hydrogens is 466 g/mol. The number of aromatic nitrogens is 1. The second-order valence-corrected chi connectivity index (χ2v) is 9.09. The van der Waals surface area contributed by atoms with Crippen LogP contribution in [0.3, 0.4) is 0 Å². The summed E-state index contributed by atoms with van der Waals surface area (Å²) in [6, 6.07) is 12.7. The van der Waals surface area contributed by atoms with Gasteiger partial charge in [-0.05, 0) is 56.3 Å². The van der Waals surface area contributed by atoms with E-state index in [0.717, 1.165) is 0 Å². The van der Waals surface area contributed by atoms with Crippen LogP contribution >= 0.6 is 0 Å². The molecule has 0 radical (unpaired) electrons. The van der Waals surface area contributed by atoms with Crippen LogP contribution in [0.4, 0.5) is 25.8 Å². The lowest BCUT2D eigenvalue weighted by atomic mass is 9.96. The predicted molar refractivity (Wildman–Crippen MR) is 133 cm³/mol. The van der Waals surface area contributed by atoms with Crippen molar-refractivity contribution >= 4 is 34.7 Å². The van der Waals surface area contributed by atoms with Crippen LogP contribution in [0.15, 0.2) is 54.7 Å². The third-order valence-corrected chi connectivity index (χ3v) is 6.58. The van der Waals surface area contributed by atoms with Gasteiger partial charge in [0.25, 0.3) is 0 Å². The highest BCUT2D eigenvalue weighted by molar-refractivity contribution is 6.09. The van der Waals surface area contributed by atoms with Crippen LogP contribution in [0.5, 0.6) is 0 Å². The molecule has 9 heteroatoms. The average Bonchev–Trinajstić information content (AvgIpc) is 2.92. The second-order valence-electron chi connectivity index (χ2n) is 9.09. The van der Waals surface area contributed by atoms with Gasteiger partial charge in [0.1, 0.15) is 18.5 Å². The molecule has 3 heterocycles. The smallest absolute Gasteiger partial charge is 0.244 e. The van der Waals surface area contributed by atoms with Crippen molar-refractivity contribution in [2.45, 2.75) is 25.9 Å². The van der Waals surface area contributed by atoms with E-state index in [1.807, 2.05) is 0 Å². The molecule has 7 nitrogen and oxygen atoms in total. The van der Waals surface area contributed by atoms with Crippen LogP contribution in [0.25, 0.3) is 11.1 Å². The number of carbonyl (C=O) groups is 3. The normalized spacial score (nSPS) is 17.1. The maximum absolute atomic E-state index is 15.6. The number of amides is 2. The number of ketones is 1. The number of alkyl halides is 1. The van der Waals surface area contributed by atoms with E-state index in [-0.39, 0.29) is 36.7 Å². The number of Topliss-reactive ketones (excluding diaryl/α,β-unsaturated/α-hetero) is 1. The molecule has 0 saturated carbocycles. The lowest BCUT2D eigenvalue weighted by Gasteiger charge is -2.37. The van der Waals surface area contributed by atoms with E-state index in [2.05, 4.69) is 10.3 Å². The molecule has 2 aliphatic heterocycles. The third-order valence-electron chi connectivity index (χ3n) is 6.58. The molecule has 2 aliphatic rings. The number of fused-ring (bicyclic) bond motifs is 3. The summed E-state index contributed by atoms with van der Waals surface area (Å²) in [6.45, 7) is 3.03. The number of nitrogens with zero attached hydrogens (tertiary/aromatic N) is 3. The van der Waals surface area contributed by atoms with Gasteiger partial charge in [-0.15, -0.1) is 0 Å². The Morgan fingerprint density at radius 3 is 2.53 bits per heavy atom.